The van der Waals surface area contributed by atoms with Crippen molar-refractivity contribution in [2.45, 2.75) is 6.42 Å². The molecule has 0 unspecified atom stereocenters. The minimum atomic E-state index is -1.02. The predicted octanol–water partition coefficient (Wildman–Crippen LogP) is 3.14. The molecule has 2 aromatic carbocycles. The van der Waals surface area contributed by atoms with E-state index in [1.54, 1.807) is 24.3 Å². The molecule has 0 bridgehead atoms. The SMILES string of the molecule is C=CCc1cccc(/C=N\NC(=S)Nc2cccc(C(=O)O)c2)c1O. The maximum Gasteiger partial charge on any atom is 0.335 e. The molecule has 7 heteroatoms. The van der Waals surface area contributed by atoms with Crippen LogP contribution in [-0.2, 0) is 6.42 Å². The number of hydrogen-bond donors (Lipinski definition) is 4. The topological polar surface area (TPSA) is 94.0 Å². The summed E-state index contributed by atoms with van der Waals surface area (Å²) in [6.07, 6.45) is 3.71. The highest BCUT2D eigenvalue weighted by molar-refractivity contribution is 7.80. The van der Waals surface area contributed by atoms with Crippen LogP contribution in [0.2, 0.25) is 0 Å². The van der Waals surface area contributed by atoms with Gasteiger partial charge in [-0.1, -0.05) is 24.3 Å². The molecular weight excluding hydrogens is 338 g/mol. The second-order valence-electron chi connectivity index (χ2n) is 5.06. The summed E-state index contributed by atoms with van der Waals surface area (Å²) in [5.41, 5.74) is 4.60. The van der Waals surface area contributed by atoms with E-state index >= 15 is 0 Å². The highest BCUT2D eigenvalue weighted by Crippen LogP contribution is 2.21. The van der Waals surface area contributed by atoms with Crippen LogP contribution in [0.25, 0.3) is 0 Å². The Bertz CT molecular complexity index is 834. The van der Waals surface area contributed by atoms with Gasteiger partial charge in [0.15, 0.2) is 5.11 Å². The van der Waals surface area contributed by atoms with E-state index in [2.05, 4.69) is 22.4 Å². The zero-order valence-electron chi connectivity index (χ0n) is 13.3. The smallest absolute Gasteiger partial charge is 0.335 e. The Hall–Kier alpha value is -3.19. The van der Waals surface area contributed by atoms with Gasteiger partial charge in [0, 0.05) is 11.3 Å². The van der Waals surface area contributed by atoms with Gasteiger partial charge in [-0.3, -0.25) is 5.43 Å². The highest BCUT2D eigenvalue weighted by atomic mass is 32.1. The van der Waals surface area contributed by atoms with Crippen molar-refractivity contribution in [1.82, 2.24) is 5.43 Å². The number of benzene rings is 2. The van der Waals surface area contributed by atoms with Gasteiger partial charge >= 0.3 is 5.97 Å². The van der Waals surface area contributed by atoms with E-state index in [0.717, 1.165) is 5.56 Å². The van der Waals surface area contributed by atoms with Crippen LogP contribution < -0.4 is 10.7 Å². The number of hydrogen-bond acceptors (Lipinski definition) is 4. The highest BCUT2D eigenvalue weighted by Gasteiger charge is 2.05. The summed E-state index contributed by atoms with van der Waals surface area (Å²) < 4.78 is 0. The Labute approximate surface area is 150 Å². The van der Waals surface area contributed by atoms with Gasteiger partial charge < -0.3 is 15.5 Å². The molecule has 0 aromatic heterocycles. The zero-order valence-corrected chi connectivity index (χ0v) is 14.1. The minimum absolute atomic E-state index is 0.140. The number of phenolic OH excluding ortho intramolecular Hbond substituents is 1. The van der Waals surface area contributed by atoms with Crippen molar-refractivity contribution in [2.75, 3.05) is 5.32 Å². The molecule has 4 N–H and O–H groups in total. The van der Waals surface area contributed by atoms with Crippen LogP contribution in [0.5, 0.6) is 5.75 Å². The molecule has 0 aliphatic carbocycles. The molecule has 0 saturated heterocycles. The van der Waals surface area contributed by atoms with Crippen LogP contribution >= 0.6 is 12.2 Å². The average Bonchev–Trinajstić information content (AvgIpc) is 2.58. The van der Waals surface area contributed by atoms with Crippen molar-refractivity contribution >= 4 is 35.2 Å². The monoisotopic (exact) mass is 355 g/mol. The number of aromatic carboxylic acids is 1. The fraction of sp³-hybridized carbons (Fsp3) is 0.0556. The number of rotatable bonds is 6. The van der Waals surface area contributed by atoms with Gasteiger partial charge in [-0.15, -0.1) is 6.58 Å². The largest absolute Gasteiger partial charge is 0.507 e. The molecule has 6 nitrogen and oxygen atoms in total. The van der Waals surface area contributed by atoms with E-state index in [-0.39, 0.29) is 16.4 Å². The standard InChI is InChI=1S/C18H17N3O3S/c1-2-5-12-6-3-8-14(16(12)22)11-19-21-18(25)20-15-9-4-7-13(10-15)17(23)24/h2-4,6-11,22H,1,5H2,(H,23,24)(H2,20,21,25)/b19-11-. The molecule has 0 amide bonds. The first-order chi connectivity index (χ1) is 12.0. The van der Waals surface area contributed by atoms with Gasteiger partial charge in [-0.25, -0.2) is 4.79 Å². The van der Waals surface area contributed by atoms with Crippen molar-refractivity contribution < 1.29 is 15.0 Å². The van der Waals surface area contributed by atoms with Gasteiger partial charge in [0.2, 0.25) is 0 Å². The van der Waals surface area contributed by atoms with E-state index in [0.29, 0.717) is 17.7 Å². The molecule has 25 heavy (non-hydrogen) atoms. The normalized spacial score (nSPS) is 10.4. The molecule has 128 valence electrons. The van der Waals surface area contributed by atoms with Gasteiger partial charge in [0.05, 0.1) is 11.8 Å². The third-order valence-corrected chi connectivity index (χ3v) is 3.45. The fourth-order valence-corrected chi connectivity index (χ4v) is 2.26. The Kier molecular flexibility index (Phi) is 6.25. The van der Waals surface area contributed by atoms with E-state index < -0.39 is 5.97 Å². The summed E-state index contributed by atoms with van der Waals surface area (Å²) in [4.78, 5) is 10.9. The Balaban J connectivity index is 1.99. The number of thiocarbonyl (C=S) groups is 1. The lowest BCUT2D eigenvalue weighted by atomic mass is 10.1. The third-order valence-electron chi connectivity index (χ3n) is 3.25. The summed E-state index contributed by atoms with van der Waals surface area (Å²) in [6, 6.07) is 11.6. The van der Waals surface area contributed by atoms with Crippen LogP contribution in [0.3, 0.4) is 0 Å². The Morgan fingerprint density at radius 1 is 1.28 bits per heavy atom. The van der Waals surface area contributed by atoms with Crippen molar-refractivity contribution in [2.24, 2.45) is 5.10 Å². The van der Waals surface area contributed by atoms with Crippen LogP contribution in [0.1, 0.15) is 21.5 Å². The van der Waals surface area contributed by atoms with Crippen molar-refractivity contribution in [3.8, 4) is 5.75 Å². The summed E-state index contributed by atoms with van der Waals surface area (Å²) in [5.74, 6) is -0.878. The van der Waals surface area contributed by atoms with Gasteiger partial charge in [0.1, 0.15) is 5.75 Å². The first kappa shape index (κ1) is 18.2. The van der Waals surface area contributed by atoms with Gasteiger partial charge in [0.25, 0.3) is 0 Å². The van der Waals surface area contributed by atoms with Crippen LogP contribution in [-0.4, -0.2) is 27.5 Å². The minimum Gasteiger partial charge on any atom is -0.507 e. The molecule has 0 saturated carbocycles. The lowest BCUT2D eigenvalue weighted by molar-refractivity contribution is 0.0697. The maximum absolute atomic E-state index is 10.9. The molecule has 2 rings (SSSR count). The zero-order chi connectivity index (χ0) is 18.2. The Morgan fingerprint density at radius 2 is 2.04 bits per heavy atom. The molecular formula is C18H17N3O3S. The first-order valence-corrected chi connectivity index (χ1v) is 7.77. The summed E-state index contributed by atoms with van der Waals surface area (Å²) in [7, 11) is 0. The quantitative estimate of drug-likeness (QED) is 0.275. The van der Waals surface area contributed by atoms with E-state index in [4.69, 9.17) is 17.3 Å². The van der Waals surface area contributed by atoms with Crippen LogP contribution in [0, 0.1) is 0 Å². The van der Waals surface area contributed by atoms with E-state index in [1.807, 2.05) is 12.1 Å². The molecule has 0 spiro atoms. The number of nitrogens with zero attached hydrogens (tertiary/aromatic N) is 1. The van der Waals surface area contributed by atoms with Gasteiger partial charge in [-0.05, 0) is 48.5 Å². The average molecular weight is 355 g/mol. The van der Waals surface area contributed by atoms with Crippen molar-refractivity contribution in [3.05, 3.63) is 71.8 Å². The third kappa shape index (κ3) is 5.15. The number of phenols is 1. The number of carbonyl (C=O) groups is 1. The van der Waals surface area contributed by atoms with Crippen molar-refractivity contribution in [3.63, 3.8) is 0 Å². The molecule has 0 atom stereocenters. The maximum atomic E-state index is 10.9. The van der Waals surface area contributed by atoms with E-state index in [9.17, 15) is 9.90 Å². The molecule has 0 radical (unpaired) electrons. The summed E-state index contributed by atoms with van der Waals surface area (Å²) in [6.45, 7) is 3.65. The number of para-hydroxylation sites is 1. The summed E-state index contributed by atoms with van der Waals surface area (Å²) >= 11 is 5.10. The summed E-state index contributed by atoms with van der Waals surface area (Å²) in [5, 5.41) is 26.1. The number of carboxylic acid groups (broad SMARTS) is 1. The number of nitrogens with one attached hydrogen (secondary N) is 2. The molecule has 0 aliphatic heterocycles. The lowest BCUT2D eigenvalue weighted by Crippen LogP contribution is -2.24. The van der Waals surface area contributed by atoms with Crippen LogP contribution in [0.4, 0.5) is 5.69 Å². The second-order valence-corrected chi connectivity index (χ2v) is 5.47. The molecule has 0 heterocycles. The number of aromatic hydroxyl groups is 1. The fourth-order valence-electron chi connectivity index (χ4n) is 2.09. The predicted molar refractivity (Wildman–Crippen MR) is 102 cm³/mol. The first-order valence-electron chi connectivity index (χ1n) is 7.36. The molecule has 2 aromatic rings. The van der Waals surface area contributed by atoms with Crippen LogP contribution in [0.15, 0.2) is 60.2 Å². The van der Waals surface area contributed by atoms with E-state index in [1.165, 1.54) is 18.3 Å². The Morgan fingerprint density at radius 3 is 2.76 bits per heavy atom. The second kappa shape index (κ2) is 8.60. The van der Waals surface area contributed by atoms with Crippen molar-refractivity contribution in [1.29, 1.82) is 0 Å². The molecule has 0 fully saturated rings. The number of carboxylic acids is 1. The number of anilines is 1. The van der Waals surface area contributed by atoms with Gasteiger partial charge in [-0.2, -0.15) is 5.10 Å². The number of hydrazone groups is 1. The lowest BCUT2D eigenvalue weighted by Gasteiger charge is -2.08. The number of allylic oxidation sites excluding steroid dienone is 1. The molecule has 0 aliphatic rings.